The molecule has 0 radical (unpaired) electrons. The number of sulfonamides is 1. The van der Waals surface area contributed by atoms with E-state index in [0.717, 1.165) is 4.31 Å². The van der Waals surface area contributed by atoms with Gasteiger partial charge < -0.3 is 9.47 Å². The molecule has 52 heavy (non-hydrogen) atoms. The molecule has 2 aromatic rings. The molecule has 290 valence electrons. The molecule has 4 bridgehead atoms. The van der Waals surface area contributed by atoms with Gasteiger partial charge in [0.1, 0.15) is 0 Å². The molecule has 18 heteroatoms. The maximum absolute atomic E-state index is 14.3. The molecule has 3 N–H and O–H groups in total. The molecular formula is C34H49N2O14PS. The third-order valence-corrected chi connectivity index (χ3v) is 12.4. The van der Waals surface area contributed by atoms with Gasteiger partial charge in [-0.2, -0.15) is 0 Å². The van der Waals surface area contributed by atoms with Crippen LogP contribution >= 0.6 is 7.94 Å². The fourth-order valence-corrected chi connectivity index (χ4v) is 9.52. The first kappa shape index (κ1) is 39.9. The average molecular weight is 773 g/mol. The Balaban J connectivity index is 1.50. The van der Waals surface area contributed by atoms with E-state index in [1.165, 1.54) is 32.2 Å². The number of methoxy groups -OCH3 is 1. The van der Waals surface area contributed by atoms with Crippen molar-refractivity contribution in [2.24, 2.45) is 11.8 Å². The molecule has 2 aromatic carbocycles. The number of esters is 1. The molecule has 0 saturated carbocycles. The van der Waals surface area contributed by atoms with Gasteiger partial charge in [-0.1, -0.05) is 0 Å². The SMILES string of the molecule is CCOC(=O)[C@H](C)O[PH]1(O)COc2ccc(cc2)C[C@H](NC(=O)O[C@H]2CO[C@H]3OCC[C@H]32)[C@H](O)CN(CC(C)C)S(=O)(=O)c2ccc(OC)c(c2)O1. The van der Waals surface area contributed by atoms with Crippen molar-refractivity contribution >= 4 is 30.0 Å². The zero-order chi connectivity index (χ0) is 37.6. The molecule has 16 nitrogen and oxygen atoms in total. The summed E-state index contributed by atoms with van der Waals surface area (Å²) in [6.45, 7) is 7.06. The first-order valence-corrected chi connectivity index (χ1v) is 20.7. The van der Waals surface area contributed by atoms with Crippen LogP contribution in [-0.4, -0.2) is 112 Å². The Morgan fingerprint density at radius 1 is 1.12 bits per heavy atom. The third kappa shape index (κ3) is 9.82. The number of carbonyl (C=O) groups is 2. The monoisotopic (exact) mass is 772 g/mol. The molecule has 0 unspecified atom stereocenters. The Bertz CT molecular complexity index is 1650. The van der Waals surface area contributed by atoms with Gasteiger partial charge in [-0.15, -0.1) is 0 Å². The molecule has 2 fully saturated rings. The molecule has 0 spiro atoms. The number of rotatable bonds is 9. The van der Waals surface area contributed by atoms with Crippen LogP contribution in [0, 0.1) is 11.8 Å². The van der Waals surface area contributed by atoms with E-state index in [1.807, 2.05) is 13.8 Å². The van der Waals surface area contributed by atoms with E-state index in [4.69, 9.17) is 37.5 Å². The third-order valence-electron chi connectivity index (χ3n) is 8.79. The molecule has 6 rings (SSSR count). The van der Waals surface area contributed by atoms with Crippen molar-refractivity contribution < 1.29 is 65.5 Å². The summed E-state index contributed by atoms with van der Waals surface area (Å²) in [4.78, 5) is 37.3. The van der Waals surface area contributed by atoms with Crippen molar-refractivity contribution in [1.29, 1.82) is 0 Å². The Hall–Kier alpha value is -3.28. The van der Waals surface area contributed by atoms with Gasteiger partial charge >= 0.3 is 263 Å². The van der Waals surface area contributed by atoms with Gasteiger partial charge in [-0.25, -0.2) is 0 Å². The van der Waals surface area contributed by atoms with E-state index in [9.17, 15) is 28.0 Å². The second kappa shape index (κ2) is 17.2. The van der Waals surface area contributed by atoms with Gasteiger partial charge in [0.2, 0.25) is 0 Å². The number of aliphatic hydroxyl groups excluding tert-OH is 1. The van der Waals surface area contributed by atoms with Crippen LogP contribution in [0.15, 0.2) is 47.4 Å². The van der Waals surface area contributed by atoms with Gasteiger partial charge in [0.05, 0.1) is 19.1 Å². The summed E-state index contributed by atoms with van der Waals surface area (Å²) in [5, 5.41) is 14.4. The zero-order valence-electron chi connectivity index (χ0n) is 29.9. The summed E-state index contributed by atoms with van der Waals surface area (Å²) in [5.74, 6) is -0.818. The van der Waals surface area contributed by atoms with Crippen LogP contribution < -0.4 is 19.3 Å². The van der Waals surface area contributed by atoms with Crippen LogP contribution in [0.3, 0.4) is 0 Å². The van der Waals surface area contributed by atoms with Gasteiger partial charge in [0.15, 0.2) is 6.29 Å². The van der Waals surface area contributed by atoms with Crippen molar-refractivity contribution in [1.82, 2.24) is 9.62 Å². The minimum absolute atomic E-state index is 0.0165. The van der Waals surface area contributed by atoms with Crippen LogP contribution in [0.25, 0.3) is 0 Å². The predicted molar refractivity (Wildman–Crippen MR) is 188 cm³/mol. The van der Waals surface area contributed by atoms with E-state index in [2.05, 4.69) is 5.32 Å². The van der Waals surface area contributed by atoms with E-state index < -0.39 is 73.6 Å². The van der Waals surface area contributed by atoms with Gasteiger partial charge in [0, 0.05) is 0 Å². The van der Waals surface area contributed by atoms with Crippen molar-refractivity contribution in [3.05, 3.63) is 48.0 Å². The summed E-state index contributed by atoms with van der Waals surface area (Å²) in [7, 11) is -7.53. The summed E-state index contributed by atoms with van der Waals surface area (Å²) in [6.07, 6.45) is -4.17. The first-order valence-electron chi connectivity index (χ1n) is 17.3. The number of nitrogens with zero attached hydrogens (tertiary/aromatic N) is 1. The second-order valence-electron chi connectivity index (χ2n) is 13.3. The molecule has 0 aromatic heterocycles. The summed E-state index contributed by atoms with van der Waals surface area (Å²) in [5.41, 5.74) is 0.667. The van der Waals surface area contributed by atoms with Crippen molar-refractivity contribution in [2.45, 2.75) is 76.1 Å². The maximum atomic E-state index is 14.3. The zero-order valence-corrected chi connectivity index (χ0v) is 31.7. The summed E-state index contributed by atoms with van der Waals surface area (Å²) in [6, 6.07) is 9.49. The first-order chi connectivity index (χ1) is 24.7. The predicted octanol–water partition coefficient (Wildman–Crippen LogP) is 2.99. The number of aliphatic hydroxyl groups is 1. The number of hydrogen-bond donors (Lipinski definition) is 3. The number of nitrogens with one attached hydrogen (secondary N) is 1. The molecule has 2 saturated heterocycles. The van der Waals surface area contributed by atoms with Crippen molar-refractivity contribution in [2.75, 3.05) is 46.4 Å². The van der Waals surface area contributed by atoms with Gasteiger partial charge in [0.25, 0.3) is 0 Å². The molecule has 0 aliphatic carbocycles. The quantitative estimate of drug-likeness (QED) is 0.248. The molecule has 1 amide bonds. The van der Waals surface area contributed by atoms with E-state index in [1.54, 1.807) is 31.2 Å². The summed E-state index contributed by atoms with van der Waals surface area (Å²) < 4.78 is 74.7. The molecular weight excluding hydrogens is 723 g/mol. The van der Waals surface area contributed by atoms with E-state index in [0.29, 0.717) is 24.3 Å². The number of carbonyl (C=O) groups excluding carboxylic acids is 2. The Labute approximate surface area is 304 Å². The van der Waals surface area contributed by atoms with Crippen molar-refractivity contribution in [3.8, 4) is 17.2 Å². The van der Waals surface area contributed by atoms with Crippen LogP contribution in [0.1, 0.15) is 39.7 Å². The number of hydrogen-bond acceptors (Lipinski definition) is 14. The molecule has 4 aliphatic heterocycles. The van der Waals surface area contributed by atoms with Crippen molar-refractivity contribution in [3.63, 3.8) is 0 Å². The number of fused-ring (bicyclic) bond motifs is 11. The fraction of sp³-hybridized carbons (Fsp3) is 0.588. The number of ether oxygens (including phenoxy) is 6. The molecule has 4 aliphatic rings. The molecule has 6 atom stereocenters. The van der Waals surface area contributed by atoms with E-state index in [-0.39, 0.29) is 54.4 Å². The minimum atomic E-state index is -4.52. The normalized spacial score (nSPS) is 27.0. The number of alkyl carbamates (subject to hydrolysis) is 1. The van der Waals surface area contributed by atoms with Crippen LogP contribution in [0.4, 0.5) is 4.79 Å². The fourth-order valence-electron chi connectivity index (χ4n) is 6.21. The Morgan fingerprint density at radius 2 is 1.87 bits per heavy atom. The number of amides is 1. The summed E-state index contributed by atoms with van der Waals surface area (Å²) >= 11 is 0. The van der Waals surface area contributed by atoms with Gasteiger partial charge in [-0.3, -0.25) is 0 Å². The molecule has 4 heterocycles. The van der Waals surface area contributed by atoms with E-state index >= 15 is 0 Å². The topological polar surface area (TPSA) is 198 Å². The number of benzene rings is 2. The Morgan fingerprint density at radius 3 is 2.56 bits per heavy atom. The van der Waals surface area contributed by atoms with Crippen LogP contribution in [0.5, 0.6) is 17.2 Å². The van der Waals surface area contributed by atoms with Gasteiger partial charge in [-0.05, 0) is 6.42 Å². The standard InChI is InChI=1S/C34H49N2O14PS/c1-6-44-32(38)22(4)49-51(40)20-47-24-9-7-23(8-10-24)15-27(35-34(39)48-31-19-46-33-26(31)13-14-45-33)28(37)18-36(17-21(2)3)52(41,42)25-11-12-29(43-5)30(16-25)50-51/h7-12,16,21-22,26-28,31,33,37,40,51H,6,13-15,17-20H2,1-5H3,(H,35,39)/t22-,26-,27-,28+,31-,33+/m0/s1. The second-order valence-corrected chi connectivity index (χ2v) is 17.4. The average Bonchev–Trinajstić information content (AvgIpc) is 3.72. The van der Waals surface area contributed by atoms with Crippen LogP contribution in [0.2, 0.25) is 0 Å². The van der Waals surface area contributed by atoms with Crippen LogP contribution in [-0.2, 0) is 44.7 Å². The Kier molecular flexibility index (Phi) is 13.2.